The minimum Gasteiger partial charge on any atom is -0.379 e. The van der Waals surface area contributed by atoms with Crippen LogP contribution >= 0.6 is 23.2 Å². The van der Waals surface area contributed by atoms with Crippen molar-refractivity contribution in [3.63, 3.8) is 0 Å². The summed E-state index contributed by atoms with van der Waals surface area (Å²) in [7, 11) is -14.1. The molecule has 288 valence electrons. The zero-order chi connectivity index (χ0) is 38.2. The van der Waals surface area contributed by atoms with Crippen molar-refractivity contribution in [3.8, 4) is 0 Å². The summed E-state index contributed by atoms with van der Waals surface area (Å²) in [6.07, 6.45) is 5.50. The van der Waals surface area contributed by atoms with E-state index >= 15 is 0 Å². The first-order chi connectivity index (χ1) is 24.4. The van der Waals surface area contributed by atoms with Crippen molar-refractivity contribution in [1.29, 1.82) is 0 Å². The number of hydrogen-bond acceptors (Lipinski definition) is 9. The van der Waals surface area contributed by atoms with Gasteiger partial charge in [-0.25, -0.2) is 33.7 Å². The van der Waals surface area contributed by atoms with Gasteiger partial charge in [0.15, 0.2) is 39.3 Å². The second-order valence-electron chi connectivity index (χ2n) is 13.9. The van der Waals surface area contributed by atoms with Gasteiger partial charge in [-0.3, -0.25) is 0 Å². The molecule has 2 heterocycles. The molecule has 2 fully saturated rings. The lowest BCUT2D eigenvalue weighted by Crippen LogP contribution is -2.29. The predicted molar refractivity (Wildman–Crippen MR) is 208 cm³/mol. The minimum absolute atomic E-state index is 0.0458. The molecule has 3 aromatic rings. The van der Waals surface area contributed by atoms with Gasteiger partial charge in [0.2, 0.25) is 0 Å². The van der Waals surface area contributed by atoms with Crippen LogP contribution in [0.15, 0.2) is 88.7 Å². The van der Waals surface area contributed by atoms with Crippen LogP contribution in [-0.2, 0) is 50.5 Å². The highest BCUT2D eigenvalue weighted by atomic mass is 35.5. The second kappa shape index (κ2) is 18.6. The highest BCUT2D eigenvalue weighted by Gasteiger charge is 2.46. The average Bonchev–Trinajstić information content (AvgIpc) is 3.58. The van der Waals surface area contributed by atoms with E-state index in [1.54, 1.807) is 0 Å². The van der Waals surface area contributed by atoms with Crippen molar-refractivity contribution < 1.29 is 38.4 Å². The van der Waals surface area contributed by atoms with Crippen molar-refractivity contribution in [1.82, 2.24) is 0 Å². The minimum atomic E-state index is -3.70. The summed E-state index contributed by atoms with van der Waals surface area (Å²) in [6.45, 7) is 4.52. The van der Waals surface area contributed by atoms with E-state index in [1.165, 1.54) is 54.1 Å². The van der Waals surface area contributed by atoms with Gasteiger partial charge < -0.3 is 4.74 Å². The van der Waals surface area contributed by atoms with Gasteiger partial charge in [-0.05, 0) is 112 Å². The maximum atomic E-state index is 13.0. The predicted octanol–water partition coefficient (Wildman–Crippen LogP) is 7.06. The Labute approximate surface area is 320 Å². The molecule has 0 aromatic heterocycles. The van der Waals surface area contributed by atoms with Crippen molar-refractivity contribution in [2.75, 3.05) is 29.6 Å². The smallest absolute Gasteiger partial charge is 0.182 e. The van der Waals surface area contributed by atoms with Crippen LogP contribution in [0.5, 0.6) is 0 Å². The van der Waals surface area contributed by atoms with Crippen LogP contribution in [0.3, 0.4) is 0 Å². The Kier molecular flexibility index (Phi) is 15.3. The normalized spacial score (nSPS) is 22.6. The number of ether oxygens (including phenoxy) is 1. The molecular weight excluding hydrogens is 788 g/mol. The highest BCUT2D eigenvalue weighted by molar-refractivity contribution is 7.97. The maximum Gasteiger partial charge on any atom is 0.182 e. The number of rotatable bonds is 15. The van der Waals surface area contributed by atoms with Gasteiger partial charge >= 0.3 is 0 Å². The van der Waals surface area contributed by atoms with E-state index in [4.69, 9.17) is 27.9 Å². The Morgan fingerprint density at radius 1 is 0.615 bits per heavy atom. The summed E-state index contributed by atoms with van der Waals surface area (Å²) >= 11 is 11.7. The Bertz CT molecular complexity index is 2040. The standard InChI is InChI=1S/C20H23ClO4S2.C17H25ClO5S2/c21-18-10-12-19(13-11-18)27(24,25)20-15-26(22,23)14-17(20)9-5-4-8-16-6-2-1-3-7-16;1-13(2)23-10-4-3-5-14-11-24(19,20)12-17(14)25(21,22)16-8-6-15(18)7-9-16/h1-3,6-7,10-13,17,20H,4-5,8-9,14-15H2;6-9,13-14,17H,3-5,10-12H2,1-2H3/t17-,20-;14-,17-/m00/s1. The average molecular weight is 836 g/mol. The van der Waals surface area contributed by atoms with Crippen LogP contribution in [-0.4, -0.2) is 79.9 Å². The molecule has 52 heavy (non-hydrogen) atoms. The van der Waals surface area contributed by atoms with E-state index in [1.807, 2.05) is 32.0 Å². The number of aryl methyl sites for hydroxylation is 1. The summed E-state index contributed by atoms with van der Waals surface area (Å²) in [4.78, 5) is 0.274. The molecule has 9 nitrogen and oxygen atoms in total. The largest absolute Gasteiger partial charge is 0.379 e. The molecule has 2 aliphatic rings. The number of unbranched alkanes of at least 4 members (excludes halogenated alkanes) is 2. The quantitative estimate of drug-likeness (QED) is 0.147. The monoisotopic (exact) mass is 834 g/mol. The van der Waals surface area contributed by atoms with E-state index < -0.39 is 49.8 Å². The first kappa shape index (κ1) is 42.7. The Hall–Kier alpha value is -2.00. The molecule has 0 radical (unpaired) electrons. The summed E-state index contributed by atoms with van der Waals surface area (Å²) in [5.41, 5.74) is 1.24. The third-order valence-electron chi connectivity index (χ3n) is 9.46. The molecule has 2 saturated heterocycles. The van der Waals surface area contributed by atoms with Gasteiger partial charge in [0.05, 0.1) is 49.4 Å². The lowest BCUT2D eigenvalue weighted by molar-refractivity contribution is 0.0752. The highest BCUT2D eigenvalue weighted by Crippen LogP contribution is 2.35. The fourth-order valence-corrected chi connectivity index (χ4v) is 17.1. The van der Waals surface area contributed by atoms with E-state index in [0.717, 1.165) is 32.1 Å². The number of benzene rings is 3. The van der Waals surface area contributed by atoms with Crippen LogP contribution in [0.4, 0.5) is 0 Å². The maximum absolute atomic E-state index is 13.0. The zero-order valence-electron chi connectivity index (χ0n) is 29.4. The molecule has 0 amide bonds. The number of hydrogen-bond donors (Lipinski definition) is 0. The van der Waals surface area contributed by atoms with Crippen molar-refractivity contribution >= 4 is 62.6 Å². The first-order valence-corrected chi connectivity index (χ1v) is 24.9. The molecule has 4 atom stereocenters. The fourth-order valence-electron chi connectivity index (χ4n) is 6.81. The molecule has 5 rings (SSSR count). The molecule has 0 spiro atoms. The van der Waals surface area contributed by atoms with Crippen LogP contribution < -0.4 is 0 Å². The van der Waals surface area contributed by atoms with Crippen molar-refractivity contribution in [3.05, 3.63) is 94.5 Å². The molecular formula is C37H48Cl2O9S4. The topological polar surface area (TPSA) is 146 Å². The summed E-state index contributed by atoms with van der Waals surface area (Å²) < 4.78 is 106. The molecule has 0 saturated carbocycles. The molecule has 15 heteroatoms. The van der Waals surface area contributed by atoms with Crippen LogP contribution in [0, 0.1) is 11.8 Å². The fraction of sp³-hybridized carbons (Fsp3) is 0.514. The second-order valence-corrected chi connectivity index (χ2v) is 23.4. The van der Waals surface area contributed by atoms with Gasteiger partial charge in [-0.2, -0.15) is 0 Å². The number of sulfone groups is 4. The third-order valence-corrected chi connectivity index (χ3v) is 18.5. The van der Waals surface area contributed by atoms with Gasteiger partial charge in [0.25, 0.3) is 0 Å². The molecule has 2 aliphatic heterocycles. The summed E-state index contributed by atoms with van der Waals surface area (Å²) in [5, 5.41) is -0.866. The lowest BCUT2D eigenvalue weighted by Gasteiger charge is -2.18. The molecule has 0 N–H and O–H groups in total. The van der Waals surface area contributed by atoms with E-state index in [0.29, 0.717) is 29.5 Å². The van der Waals surface area contributed by atoms with E-state index in [2.05, 4.69) is 12.1 Å². The van der Waals surface area contributed by atoms with Gasteiger partial charge in [0.1, 0.15) is 0 Å². The van der Waals surface area contributed by atoms with Gasteiger partial charge in [-0.15, -0.1) is 0 Å². The van der Waals surface area contributed by atoms with Gasteiger partial charge in [0, 0.05) is 16.7 Å². The van der Waals surface area contributed by atoms with Gasteiger partial charge in [-0.1, -0.05) is 66.4 Å². The summed E-state index contributed by atoms with van der Waals surface area (Å²) in [5.74, 6) is -1.42. The third kappa shape index (κ3) is 12.3. The Morgan fingerprint density at radius 2 is 1.04 bits per heavy atom. The molecule has 0 bridgehead atoms. The van der Waals surface area contributed by atoms with Crippen molar-refractivity contribution in [2.24, 2.45) is 11.8 Å². The van der Waals surface area contributed by atoms with Crippen LogP contribution in [0.25, 0.3) is 0 Å². The molecule has 3 aromatic carbocycles. The van der Waals surface area contributed by atoms with Crippen LogP contribution in [0.1, 0.15) is 57.9 Å². The lowest BCUT2D eigenvalue weighted by atomic mass is 9.99. The van der Waals surface area contributed by atoms with E-state index in [-0.39, 0.29) is 50.7 Å². The van der Waals surface area contributed by atoms with E-state index in [9.17, 15) is 33.7 Å². The molecule has 0 unspecified atom stereocenters. The van der Waals surface area contributed by atoms with Crippen LogP contribution in [0.2, 0.25) is 10.0 Å². The summed E-state index contributed by atoms with van der Waals surface area (Å²) in [6, 6.07) is 21.9. The van der Waals surface area contributed by atoms with Crippen molar-refractivity contribution in [2.45, 2.75) is 85.2 Å². The zero-order valence-corrected chi connectivity index (χ0v) is 34.2. The Balaban J connectivity index is 0.000000234. The molecule has 0 aliphatic carbocycles. The Morgan fingerprint density at radius 3 is 1.46 bits per heavy atom. The SMILES string of the molecule is CC(C)OCCCC[C@H]1CS(=O)(=O)C[C@@H]1S(=O)(=O)c1ccc(Cl)cc1.O=S1(=O)C[C@H](CCCCc2ccccc2)[C@@H](S(=O)(=O)c2ccc(Cl)cc2)C1. The number of halogens is 2. The first-order valence-electron chi connectivity index (χ1n) is 17.4.